The molecule has 0 saturated heterocycles. The minimum Gasteiger partial charge on any atom is -0.352 e. The summed E-state index contributed by atoms with van der Waals surface area (Å²) >= 11 is 0. The Morgan fingerprint density at radius 2 is 1.80 bits per heavy atom. The van der Waals surface area contributed by atoms with Gasteiger partial charge in [-0.3, -0.25) is 4.79 Å². The second-order valence-electron chi connectivity index (χ2n) is 7.39. The highest BCUT2D eigenvalue weighted by Gasteiger charge is 2.32. The lowest BCUT2D eigenvalue weighted by atomic mass is 9.97. The molecule has 3 rings (SSSR count). The molecule has 188 valence electrons. The van der Waals surface area contributed by atoms with Crippen LogP contribution in [0.25, 0.3) is 11.1 Å². The molecular formula is C20H26N8O5S2. The molecule has 0 radical (unpaired) electrons. The summed E-state index contributed by atoms with van der Waals surface area (Å²) in [7, 11) is -8.92. The quantitative estimate of drug-likeness (QED) is 0.243. The molecule has 1 aliphatic heterocycles. The normalized spacial score (nSPS) is 13.6. The topological polar surface area (TPSA) is 225 Å². The average molecular weight is 523 g/mol. The summed E-state index contributed by atoms with van der Waals surface area (Å²) in [6.07, 6.45) is 0.603. The van der Waals surface area contributed by atoms with Gasteiger partial charge in [-0.1, -0.05) is 18.2 Å². The molecule has 0 bridgehead atoms. The Hall–Kier alpha value is -3.08. The zero-order valence-electron chi connectivity index (χ0n) is 18.6. The van der Waals surface area contributed by atoms with Crippen molar-refractivity contribution in [2.24, 2.45) is 31.8 Å². The van der Waals surface area contributed by atoms with E-state index in [2.05, 4.69) is 25.3 Å². The number of primary sulfonamides is 1. The molecule has 0 aromatic heterocycles. The molecule has 0 saturated carbocycles. The molecule has 2 aromatic carbocycles. The van der Waals surface area contributed by atoms with Crippen molar-refractivity contribution >= 4 is 31.8 Å². The number of carbonyl (C=O) groups excluding carboxylic acids is 1. The van der Waals surface area contributed by atoms with Crippen molar-refractivity contribution in [2.45, 2.75) is 16.2 Å². The van der Waals surface area contributed by atoms with Gasteiger partial charge in [0, 0.05) is 25.2 Å². The van der Waals surface area contributed by atoms with Crippen molar-refractivity contribution in [3.63, 3.8) is 0 Å². The van der Waals surface area contributed by atoms with Crippen LogP contribution in [-0.4, -0.2) is 61.4 Å². The van der Waals surface area contributed by atoms with Crippen molar-refractivity contribution in [1.29, 1.82) is 0 Å². The zero-order chi connectivity index (χ0) is 25.6. The van der Waals surface area contributed by atoms with Crippen molar-refractivity contribution in [3.05, 3.63) is 47.5 Å². The first-order chi connectivity index (χ1) is 16.6. The van der Waals surface area contributed by atoms with E-state index in [4.69, 9.17) is 16.6 Å². The Bertz CT molecular complexity index is 1390. The number of nitrogens with two attached hydrogens (primary N) is 3. The third-order valence-corrected chi connectivity index (χ3v) is 7.53. The van der Waals surface area contributed by atoms with Gasteiger partial charge in [0.05, 0.1) is 5.56 Å². The fraction of sp³-hybridized carbons (Fsp3) is 0.300. The van der Waals surface area contributed by atoms with E-state index in [-0.39, 0.29) is 42.6 Å². The van der Waals surface area contributed by atoms with Gasteiger partial charge in [0.2, 0.25) is 20.0 Å². The van der Waals surface area contributed by atoms with Gasteiger partial charge in [-0.2, -0.15) is 5.11 Å². The third-order valence-electron chi connectivity index (χ3n) is 4.91. The Kier molecular flexibility index (Phi) is 8.42. The number of hydrogen-bond donors (Lipinski definition) is 5. The molecular weight excluding hydrogens is 496 g/mol. The van der Waals surface area contributed by atoms with Crippen LogP contribution in [0.5, 0.6) is 0 Å². The van der Waals surface area contributed by atoms with Crippen LogP contribution in [-0.2, 0) is 20.0 Å². The van der Waals surface area contributed by atoms with E-state index in [9.17, 15) is 21.6 Å². The van der Waals surface area contributed by atoms with E-state index < -0.39 is 29.8 Å². The fourth-order valence-electron chi connectivity index (χ4n) is 3.38. The van der Waals surface area contributed by atoms with E-state index in [0.29, 0.717) is 30.6 Å². The lowest BCUT2D eigenvalue weighted by molar-refractivity contribution is 0.0953. The van der Waals surface area contributed by atoms with Crippen LogP contribution >= 0.6 is 0 Å². The monoisotopic (exact) mass is 522 g/mol. The number of nitrogens with one attached hydrogen (secondary N) is 2. The first-order valence-corrected chi connectivity index (χ1v) is 13.5. The molecule has 1 amide bonds. The third kappa shape index (κ3) is 6.14. The first-order valence-electron chi connectivity index (χ1n) is 10.5. The number of carbonyl (C=O) groups is 1. The smallest absolute Gasteiger partial charge is 0.251 e. The number of amidine groups is 1. The summed E-state index contributed by atoms with van der Waals surface area (Å²) in [5, 5.41) is 15.9. The van der Waals surface area contributed by atoms with E-state index in [1.807, 2.05) is 0 Å². The van der Waals surface area contributed by atoms with Gasteiger partial charge in [0.25, 0.3) is 5.91 Å². The molecule has 0 fully saturated rings. The molecule has 1 heterocycles. The zero-order valence-corrected chi connectivity index (χ0v) is 20.3. The van der Waals surface area contributed by atoms with Crippen molar-refractivity contribution in [3.8, 4) is 11.1 Å². The first kappa shape index (κ1) is 26.5. The van der Waals surface area contributed by atoms with Crippen molar-refractivity contribution < 1.29 is 21.6 Å². The second-order valence-corrected chi connectivity index (χ2v) is 10.6. The number of rotatable bonds is 11. The van der Waals surface area contributed by atoms with Crippen LogP contribution < -0.4 is 26.6 Å². The highest BCUT2D eigenvalue weighted by atomic mass is 32.2. The molecule has 0 atom stereocenters. The van der Waals surface area contributed by atoms with Crippen LogP contribution in [0.15, 0.2) is 61.4 Å². The predicted octanol–water partition coefficient (Wildman–Crippen LogP) is -0.513. The highest BCUT2D eigenvalue weighted by molar-refractivity contribution is 7.92. The van der Waals surface area contributed by atoms with E-state index in [1.165, 1.54) is 12.1 Å². The molecule has 1 aliphatic rings. The van der Waals surface area contributed by atoms with Gasteiger partial charge >= 0.3 is 0 Å². The molecule has 15 heteroatoms. The SMILES string of the molecule is NCCCNC(=O)c1cccc(-c2ccc(S(=O)(=O)NCCN)c(S(N)(=O)=O)c2C2=NCN=N2)c1. The van der Waals surface area contributed by atoms with E-state index in [1.54, 1.807) is 18.2 Å². The largest absolute Gasteiger partial charge is 0.352 e. The molecule has 35 heavy (non-hydrogen) atoms. The molecule has 0 aliphatic carbocycles. The summed E-state index contributed by atoms with van der Waals surface area (Å²) in [6.45, 7) is 0.623. The number of amides is 1. The standard InChI is InChI=1S/C20H26N8O5S2/c21-7-2-9-24-20(29)14-4-1-3-13(11-14)15-5-6-16(35(32,33)27-10-8-22)18(34(23,30)31)17(15)19-25-12-26-28-19/h1,3-6,11,27H,2,7-10,12,21-22H2,(H,24,29)(H2,23,30,31). The number of aliphatic imine (C=N–C) groups is 1. The highest BCUT2D eigenvalue weighted by Crippen LogP contribution is 2.35. The molecule has 2 aromatic rings. The lowest BCUT2D eigenvalue weighted by Crippen LogP contribution is -2.31. The summed E-state index contributed by atoms with van der Waals surface area (Å²) < 4.78 is 53.5. The Balaban J connectivity index is 2.25. The van der Waals surface area contributed by atoms with Gasteiger partial charge in [0.1, 0.15) is 9.79 Å². The Labute approximate surface area is 203 Å². The molecule has 0 spiro atoms. The summed E-state index contributed by atoms with van der Waals surface area (Å²) in [5.41, 5.74) is 11.7. The maximum atomic E-state index is 12.9. The summed E-state index contributed by atoms with van der Waals surface area (Å²) in [4.78, 5) is 15.4. The van der Waals surface area contributed by atoms with Gasteiger partial charge < -0.3 is 16.8 Å². The predicted molar refractivity (Wildman–Crippen MR) is 130 cm³/mol. The average Bonchev–Trinajstić information content (AvgIpc) is 3.36. The summed E-state index contributed by atoms with van der Waals surface area (Å²) in [5.74, 6) is -0.450. The van der Waals surface area contributed by atoms with E-state index >= 15 is 0 Å². The number of azo groups is 1. The molecule has 0 unspecified atom stereocenters. The van der Waals surface area contributed by atoms with Crippen molar-refractivity contribution in [2.75, 3.05) is 32.8 Å². The van der Waals surface area contributed by atoms with Crippen LogP contribution in [0.3, 0.4) is 0 Å². The van der Waals surface area contributed by atoms with Gasteiger partial charge in [-0.25, -0.2) is 31.7 Å². The van der Waals surface area contributed by atoms with Crippen LogP contribution in [0.2, 0.25) is 0 Å². The summed E-state index contributed by atoms with van der Waals surface area (Å²) in [6, 6.07) is 8.90. The van der Waals surface area contributed by atoms with Crippen LogP contribution in [0, 0.1) is 0 Å². The van der Waals surface area contributed by atoms with Crippen LogP contribution in [0.4, 0.5) is 0 Å². The maximum absolute atomic E-state index is 12.9. The minimum atomic E-state index is -4.61. The van der Waals surface area contributed by atoms with Crippen LogP contribution in [0.1, 0.15) is 22.3 Å². The Morgan fingerprint density at radius 1 is 1.03 bits per heavy atom. The second kappa shape index (κ2) is 11.1. The lowest BCUT2D eigenvalue weighted by Gasteiger charge is -2.17. The fourth-order valence-corrected chi connectivity index (χ4v) is 6.03. The Morgan fingerprint density at radius 3 is 2.43 bits per heavy atom. The minimum absolute atomic E-state index is 0.00403. The molecule has 13 nitrogen and oxygen atoms in total. The number of benzene rings is 2. The maximum Gasteiger partial charge on any atom is 0.251 e. The van der Waals surface area contributed by atoms with Gasteiger partial charge in [-0.05, 0) is 42.3 Å². The van der Waals surface area contributed by atoms with E-state index in [0.717, 1.165) is 6.07 Å². The number of sulfonamides is 2. The molecule has 8 N–H and O–H groups in total. The van der Waals surface area contributed by atoms with Crippen molar-refractivity contribution in [1.82, 2.24) is 10.0 Å². The van der Waals surface area contributed by atoms with Gasteiger partial charge in [-0.15, -0.1) is 5.11 Å². The number of hydrogen-bond acceptors (Lipinski definition) is 10. The van der Waals surface area contributed by atoms with Gasteiger partial charge in [0.15, 0.2) is 12.5 Å². The number of nitrogens with zero attached hydrogens (tertiary/aromatic N) is 3.